The molecule has 4 nitrogen and oxygen atoms in total. The number of aromatic nitrogens is 4. The molecule has 8 bridgehead atoms. The number of nitrogens with zero attached hydrogens (tertiary/aromatic N) is 4. The molecule has 52 heavy (non-hydrogen) atoms. The van der Waals surface area contributed by atoms with Crippen molar-refractivity contribution < 1.29 is 9.13 Å². The van der Waals surface area contributed by atoms with Crippen LogP contribution in [0.15, 0.2) is 97.1 Å². The van der Waals surface area contributed by atoms with Gasteiger partial charge in [-0.2, -0.15) is 0 Å². The minimum absolute atomic E-state index is 0.367. The van der Waals surface area contributed by atoms with E-state index in [1.807, 2.05) is 0 Å². The Kier molecular flexibility index (Phi) is 5.91. The van der Waals surface area contributed by atoms with Crippen molar-refractivity contribution in [3.8, 4) is 22.8 Å². The average Bonchev–Trinajstić information content (AvgIpc) is 3.88. The highest BCUT2D eigenvalue weighted by atomic mass is 15.2. The Hall–Kier alpha value is -4.18. The zero-order valence-corrected chi connectivity index (χ0v) is 30.3. The van der Waals surface area contributed by atoms with E-state index in [4.69, 9.17) is 0 Å². The van der Waals surface area contributed by atoms with E-state index in [1.54, 1.807) is 0 Å². The van der Waals surface area contributed by atoms with Gasteiger partial charge in [0.15, 0.2) is 22.1 Å². The van der Waals surface area contributed by atoms with E-state index in [0.29, 0.717) is 5.54 Å². The van der Waals surface area contributed by atoms with Gasteiger partial charge in [0.25, 0.3) is 11.6 Å². The molecule has 260 valence electrons. The van der Waals surface area contributed by atoms with E-state index < -0.39 is 0 Å². The van der Waals surface area contributed by atoms with Gasteiger partial charge in [-0.1, -0.05) is 60.7 Å². The minimum atomic E-state index is 0.367. The predicted molar refractivity (Wildman–Crippen MR) is 206 cm³/mol. The third kappa shape index (κ3) is 3.94. The smallest absolute Gasteiger partial charge is 0.220 e. The summed E-state index contributed by atoms with van der Waals surface area (Å²) < 4.78 is 10.8. The Morgan fingerprint density at radius 3 is 1.54 bits per heavy atom. The maximum absolute atomic E-state index is 2.83. The first-order chi connectivity index (χ1) is 25.7. The van der Waals surface area contributed by atoms with E-state index in [2.05, 4.69) is 115 Å². The molecule has 0 saturated heterocycles. The van der Waals surface area contributed by atoms with Gasteiger partial charge >= 0.3 is 0 Å². The van der Waals surface area contributed by atoms with Gasteiger partial charge in [0.1, 0.15) is 24.7 Å². The fraction of sp³-hybridized carbons (Fsp3) is 0.458. The molecule has 4 heteroatoms. The lowest BCUT2D eigenvalue weighted by atomic mass is 9.53. The highest BCUT2D eigenvalue weighted by Crippen LogP contribution is 2.61. The van der Waals surface area contributed by atoms with Gasteiger partial charge in [-0.05, 0) is 137 Å². The summed E-state index contributed by atoms with van der Waals surface area (Å²) in [5.41, 5.74) is 12.1. The maximum atomic E-state index is 2.83. The SMILES string of the molecule is c1ccc2c(c1)C[n+]1c-2n(C23CC4CC(CC(C4)C2)C3)c2ccccc21.c1ccc2c(c1)C[n+]1c-2n(C2C3CC4CC(C3)CC2C4)c2ccccc21. The van der Waals surface area contributed by atoms with Crippen LogP contribution in [0, 0.1) is 41.4 Å². The summed E-state index contributed by atoms with van der Waals surface area (Å²) >= 11 is 0. The molecule has 2 aliphatic heterocycles. The third-order valence-electron chi connectivity index (χ3n) is 15.9. The fourth-order valence-corrected chi connectivity index (χ4v) is 14.9. The van der Waals surface area contributed by atoms with Gasteiger partial charge in [-0.3, -0.25) is 0 Å². The number of hydrogen-bond donors (Lipinski definition) is 0. The van der Waals surface area contributed by atoms with E-state index in [0.717, 1.165) is 60.6 Å². The third-order valence-corrected chi connectivity index (χ3v) is 15.9. The van der Waals surface area contributed by atoms with Crippen molar-refractivity contribution in [3.63, 3.8) is 0 Å². The monoisotopic (exact) mass is 682 g/mol. The van der Waals surface area contributed by atoms with E-state index in [-0.39, 0.29) is 0 Å². The number of para-hydroxylation sites is 4. The first-order valence-corrected chi connectivity index (χ1v) is 20.9. The number of hydrogen-bond acceptors (Lipinski definition) is 0. The summed E-state index contributed by atoms with van der Waals surface area (Å²) in [6.07, 6.45) is 16.2. The number of benzene rings is 4. The zero-order chi connectivity index (χ0) is 33.7. The van der Waals surface area contributed by atoms with Crippen LogP contribution in [0.25, 0.3) is 44.8 Å². The van der Waals surface area contributed by atoms with Gasteiger partial charge in [0, 0.05) is 23.0 Å². The molecule has 0 N–H and O–H groups in total. The van der Waals surface area contributed by atoms with Crippen molar-refractivity contribution in [1.29, 1.82) is 0 Å². The number of fused-ring (bicyclic) bond motifs is 10. The van der Waals surface area contributed by atoms with E-state index in [1.165, 1.54) is 127 Å². The molecule has 0 amide bonds. The Morgan fingerprint density at radius 2 is 0.923 bits per heavy atom. The molecule has 0 unspecified atom stereocenters. The first kappa shape index (κ1) is 29.3. The van der Waals surface area contributed by atoms with Crippen LogP contribution in [0.2, 0.25) is 0 Å². The fourth-order valence-electron chi connectivity index (χ4n) is 14.9. The van der Waals surface area contributed by atoms with Gasteiger partial charge in [-0.25, -0.2) is 18.3 Å². The van der Waals surface area contributed by atoms with Crippen molar-refractivity contribution in [1.82, 2.24) is 9.13 Å². The molecule has 0 atom stereocenters. The van der Waals surface area contributed by atoms with Crippen molar-refractivity contribution in [2.24, 2.45) is 41.4 Å². The summed E-state index contributed by atoms with van der Waals surface area (Å²) in [5.74, 6) is 9.76. The van der Waals surface area contributed by atoms with Gasteiger partial charge in [-0.15, -0.1) is 0 Å². The highest BCUT2D eigenvalue weighted by Gasteiger charge is 2.57. The first-order valence-electron chi connectivity index (χ1n) is 20.9. The topological polar surface area (TPSA) is 17.6 Å². The van der Waals surface area contributed by atoms with Crippen molar-refractivity contribution >= 4 is 22.1 Å². The molecule has 4 heterocycles. The normalized spacial score (nSPS) is 33.6. The van der Waals surface area contributed by atoms with Crippen LogP contribution in [0.3, 0.4) is 0 Å². The van der Waals surface area contributed by atoms with E-state index >= 15 is 0 Å². The number of rotatable bonds is 2. The van der Waals surface area contributed by atoms with Crippen molar-refractivity contribution in [2.75, 3.05) is 0 Å². The van der Waals surface area contributed by atoms with Crippen LogP contribution in [0.4, 0.5) is 0 Å². The summed E-state index contributed by atoms with van der Waals surface area (Å²) in [6, 6.07) is 37.2. The number of imidazole rings is 2. The Labute approximate surface area is 307 Å². The molecule has 10 aliphatic rings. The van der Waals surface area contributed by atoms with Gasteiger partial charge in [0.2, 0.25) is 0 Å². The lowest BCUT2D eigenvalue weighted by Gasteiger charge is -2.55. The minimum Gasteiger partial charge on any atom is -0.220 e. The molecule has 16 rings (SSSR count). The quantitative estimate of drug-likeness (QED) is 0.162. The van der Waals surface area contributed by atoms with Crippen LogP contribution in [-0.4, -0.2) is 9.13 Å². The molecular weight excluding hydrogens is 633 g/mol. The second-order valence-corrected chi connectivity index (χ2v) is 18.9. The van der Waals surface area contributed by atoms with Crippen LogP contribution in [0.5, 0.6) is 0 Å². The molecule has 6 aromatic rings. The van der Waals surface area contributed by atoms with Crippen LogP contribution in [-0.2, 0) is 18.6 Å². The molecule has 0 spiro atoms. The van der Waals surface area contributed by atoms with E-state index in [9.17, 15) is 0 Å². The second-order valence-electron chi connectivity index (χ2n) is 18.9. The Morgan fingerprint density at radius 1 is 0.462 bits per heavy atom. The lowest BCUT2D eigenvalue weighted by molar-refractivity contribution is -0.646. The van der Waals surface area contributed by atoms with Gasteiger partial charge < -0.3 is 0 Å². The predicted octanol–water partition coefficient (Wildman–Crippen LogP) is 9.84. The molecule has 8 aliphatic carbocycles. The van der Waals surface area contributed by atoms with Crippen LogP contribution >= 0.6 is 0 Å². The van der Waals surface area contributed by atoms with Crippen molar-refractivity contribution in [2.45, 2.75) is 95.3 Å². The van der Waals surface area contributed by atoms with Crippen LogP contribution < -0.4 is 9.13 Å². The molecule has 2 aromatic heterocycles. The standard InChI is InChI=1S/2C24H25N2/c1-2-6-20-19(5-1)15-25-21-7-3-4-8-22(21)26(23(20)25)24-12-16-9-17(13-24)11-18(10-16)14-24;1-2-6-20-17(5-1)14-25-21-7-3-4-8-22(21)26(24(20)25)23-18-10-15-9-16(12-18)13-19(23)11-15/h1-8,16-18H,9-15H2;1-8,15-16,18-19,23H,9-14H2/q2*+1. The lowest BCUT2D eigenvalue weighted by Crippen LogP contribution is -2.52. The summed E-state index contributed by atoms with van der Waals surface area (Å²) in [7, 11) is 0. The Bertz CT molecular complexity index is 2380. The molecule has 0 radical (unpaired) electrons. The zero-order valence-electron chi connectivity index (χ0n) is 30.3. The summed E-state index contributed by atoms with van der Waals surface area (Å²) in [6.45, 7) is 2.07. The molecule has 8 saturated carbocycles. The molecule has 4 aromatic carbocycles. The molecule has 8 fully saturated rings. The molecular formula is C48H50N4+2. The van der Waals surface area contributed by atoms with Gasteiger partial charge in [0.05, 0.1) is 11.1 Å². The largest absolute Gasteiger partial charge is 0.291 e. The second kappa shape index (κ2) is 10.5. The average molecular weight is 683 g/mol. The van der Waals surface area contributed by atoms with Crippen molar-refractivity contribution in [3.05, 3.63) is 108 Å². The summed E-state index contributed by atoms with van der Waals surface area (Å²) in [4.78, 5) is 0. The Balaban J connectivity index is 0.000000113. The van der Waals surface area contributed by atoms with Crippen LogP contribution in [0.1, 0.15) is 87.8 Å². The summed E-state index contributed by atoms with van der Waals surface area (Å²) in [5, 5.41) is 0. The maximum Gasteiger partial charge on any atom is 0.291 e. The highest BCUT2D eigenvalue weighted by molar-refractivity contribution is 5.79.